The van der Waals surface area contributed by atoms with Crippen LogP contribution in [0.15, 0.2) is 64.4 Å². The van der Waals surface area contributed by atoms with Gasteiger partial charge in [0.1, 0.15) is 12.1 Å². The van der Waals surface area contributed by atoms with Crippen LogP contribution >= 0.6 is 11.8 Å². The first-order chi connectivity index (χ1) is 13.6. The predicted molar refractivity (Wildman–Crippen MR) is 105 cm³/mol. The average molecular weight is 395 g/mol. The Hall–Kier alpha value is -3.00. The van der Waals surface area contributed by atoms with Gasteiger partial charge < -0.3 is 4.42 Å². The Bertz CT molecular complexity index is 1060. The van der Waals surface area contributed by atoms with E-state index in [-0.39, 0.29) is 5.82 Å². The van der Waals surface area contributed by atoms with Crippen molar-refractivity contribution in [2.45, 2.75) is 30.7 Å². The summed E-state index contributed by atoms with van der Waals surface area (Å²) in [5, 5.41) is 12.7. The summed E-state index contributed by atoms with van der Waals surface area (Å²) in [6, 6.07) is 14.2. The number of hydrogen-bond donors (Lipinski definition) is 0. The zero-order valence-electron chi connectivity index (χ0n) is 15.4. The average Bonchev–Trinajstić information content (AvgIpc) is 3.36. The zero-order valence-corrected chi connectivity index (χ0v) is 16.2. The van der Waals surface area contributed by atoms with E-state index < -0.39 is 0 Å². The molecule has 2 heterocycles. The van der Waals surface area contributed by atoms with Gasteiger partial charge in [0.2, 0.25) is 11.0 Å². The van der Waals surface area contributed by atoms with E-state index in [4.69, 9.17) is 4.42 Å². The van der Waals surface area contributed by atoms with Gasteiger partial charge in [0.05, 0.1) is 11.4 Å². The van der Waals surface area contributed by atoms with Crippen molar-refractivity contribution in [3.05, 3.63) is 71.9 Å². The summed E-state index contributed by atoms with van der Waals surface area (Å²) < 4.78 is 20.3. The zero-order chi connectivity index (χ0) is 19.5. The third-order valence-electron chi connectivity index (χ3n) is 4.24. The molecule has 0 spiro atoms. The van der Waals surface area contributed by atoms with Crippen molar-refractivity contribution in [2.75, 3.05) is 0 Å². The van der Waals surface area contributed by atoms with E-state index in [2.05, 4.69) is 46.5 Å². The van der Waals surface area contributed by atoms with Crippen molar-refractivity contribution in [3.63, 3.8) is 0 Å². The van der Waals surface area contributed by atoms with E-state index in [0.29, 0.717) is 22.7 Å². The number of benzene rings is 2. The largest absolute Gasteiger partial charge is 0.444 e. The minimum Gasteiger partial charge on any atom is -0.444 e. The molecule has 0 bridgehead atoms. The third-order valence-corrected chi connectivity index (χ3v) is 5.19. The molecule has 0 aliphatic rings. The van der Waals surface area contributed by atoms with Crippen LogP contribution in [0.1, 0.15) is 31.0 Å². The Labute approximate surface area is 165 Å². The fraction of sp³-hybridized carbons (Fsp3) is 0.200. The highest BCUT2D eigenvalue weighted by molar-refractivity contribution is 7.98. The lowest BCUT2D eigenvalue weighted by Crippen LogP contribution is -2.00. The molecule has 4 aromatic rings. The molecule has 0 aliphatic carbocycles. The van der Waals surface area contributed by atoms with Crippen molar-refractivity contribution in [2.24, 2.45) is 0 Å². The Morgan fingerprint density at radius 3 is 2.54 bits per heavy atom. The normalized spacial score (nSPS) is 11.3. The molecule has 0 atom stereocenters. The van der Waals surface area contributed by atoms with Gasteiger partial charge in [-0.3, -0.25) is 0 Å². The lowest BCUT2D eigenvalue weighted by molar-refractivity contribution is 0.573. The smallest absolute Gasteiger partial charge is 0.226 e. The summed E-state index contributed by atoms with van der Waals surface area (Å²) in [5.41, 5.74) is 3.66. The van der Waals surface area contributed by atoms with Gasteiger partial charge in [0.25, 0.3) is 0 Å². The molecule has 0 amide bonds. The summed E-state index contributed by atoms with van der Waals surface area (Å²) in [6.07, 6.45) is 1.59. The van der Waals surface area contributed by atoms with Crippen molar-refractivity contribution in [1.82, 2.24) is 25.2 Å². The number of aromatic nitrogens is 5. The molecule has 0 radical (unpaired) electrons. The van der Waals surface area contributed by atoms with Crippen molar-refractivity contribution >= 4 is 11.8 Å². The first-order valence-electron chi connectivity index (χ1n) is 8.82. The molecule has 2 aromatic heterocycles. The van der Waals surface area contributed by atoms with Crippen LogP contribution in [0, 0.1) is 5.82 Å². The van der Waals surface area contributed by atoms with Crippen LogP contribution in [-0.4, -0.2) is 25.2 Å². The number of thioether (sulfide) groups is 1. The van der Waals surface area contributed by atoms with E-state index in [0.717, 1.165) is 16.9 Å². The van der Waals surface area contributed by atoms with Gasteiger partial charge in [-0.2, -0.15) is 4.68 Å². The second-order valence-corrected chi connectivity index (χ2v) is 7.50. The molecule has 142 valence electrons. The third kappa shape index (κ3) is 3.96. The highest BCUT2D eigenvalue weighted by atomic mass is 32.2. The van der Waals surface area contributed by atoms with Crippen LogP contribution in [0.3, 0.4) is 0 Å². The van der Waals surface area contributed by atoms with Gasteiger partial charge in [-0.25, -0.2) is 9.37 Å². The van der Waals surface area contributed by atoms with Gasteiger partial charge in [0.15, 0.2) is 0 Å². The quantitative estimate of drug-likeness (QED) is 0.434. The Morgan fingerprint density at radius 1 is 1.07 bits per heavy atom. The first-order valence-corrected chi connectivity index (χ1v) is 9.80. The number of oxazole rings is 1. The minimum atomic E-state index is -0.292. The second-order valence-electron chi connectivity index (χ2n) is 6.56. The summed E-state index contributed by atoms with van der Waals surface area (Å²) in [5.74, 6) is 1.19. The predicted octanol–water partition coefficient (Wildman–Crippen LogP) is 4.87. The van der Waals surface area contributed by atoms with E-state index in [1.165, 1.54) is 29.5 Å². The maximum Gasteiger partial charge on any atom is 0.226 e. The molecule has 0 unspecified atom stereocenters. The molecule has 0 N–H and O–H groups in total. The van der Waals surface area contributed by atoms with Crippen LogP contribution < -0.4 is 0 Å². The van der Waals surface area contributed by atoms with Crippen LogP contribution in [0.4, 0.5) is 4.39 Å². The van der Waals surface area contributed by atoms with E-state index in [1.54, 1.807) is 23.1 Å². The van der Waals surface area contributed by atoms with Crippen LogP contribution in [0.2, 0.25) is 0 Å². The van der Waals surface area contributed by atoms with Crippen molar-refractivity contribution < 1.29 is 8.81 Å². The molecule has 28 heavy (non-hydrogen) atoms. The maximum absolute atomic E-state index is 13.0. The number of hydrogen-bond acceptors (Lipinski definition) is 6. The van der Waals surface area contributed by atoms with Gasteiger partial charge in [-0.1, -0.05) is 37.7 Å². The molecule has 8 heteroatoms. The van der Waals surface area contributed by atoms with Crippen LogP contribution in [0.25, 0.3) is 17.1 Å². The SMILES string of the molecule is CC(C)c1ccc(-n2nnnc2SCc2coc(-c3ccc(F)cc3)n2)cc1. The molecular formula is C20H18FN5OS. The molecule has 0 saturated carbocycles. The standard InChI is InChI=1S/C20H18FN5OS/c1-13(2)14-5-9-18(10-6-14)26-20(23-24-25-26)28-12-17-11-27-19(22-17)15-3-7-16(21)8-4-15/h3-11,13H,12H2,1-2H3. The summed E-state index contributed by atoms with van der Waals surface area (Å²) in [6.45, 7) is 4.32. The number of halogens is 1. The first kappa shape index (κ1) is 18.4. The van der Waals surface area contributed by atoms with Crippen LogP contribution in [-0.2, 0) is 5.75 Å². The minimum absolute atomic E-state index is 0.292. The van der Waals surface area contributed by atoms with Crippen molar-refractivity contribution in [3.8, 4) is 17.1 Å². The lowest BCUT2D eigenvalue weighted by Gasteiger charge is -2.07. The Morgan fingerprint density at radius 2 is 1.82 bits per heavy atom. The molecule has 0 aliphatic heterocycles. The van der Waals surface area contributed by atoms with E-state index in [9.17, 15) is 4.39 Å². The Balaban J connectivity index is 1.46. The summed E-state index contributed by atoms with van der Waals surface area (Å²) in [7, 11) is 0. The van der Waals surface area contributed by atoms with Gasteiger partial charge in [-0.05, 0) is 58.3 Å². The number of nitrogens with zero attached hydrogens (tertiary/aromatic N) is 5. The molecule has 0 fully saturated rings. The number of tetrazole rings is 1. The van der Waals surface area contributed by atoms with Gasteiger partial charge in [0, 0.05) is 11.3 Å². The summed E-state index contributed by atoms with van der Waals surface area (Å²) >= 11 is 1.47. The molecule has 2 aromatic carbocycles. The lowest BCUT2D eigenvalue weighted by atomic mass is 10.0. The highest BCUT2D eigenvalue weighted by Gasteiger charge is 2.12. The second kappa shape index (κ2) is 7.93. The Kier molecular flexibility index (Phi) is 5.21. The van der Waals surface area contributed by atoms with Crippen molar-refractivity contribution in [1.29, 1.82) is 0 Å². The molecule has 4 rings (SSSR count). The van der Waals surface area contributed by atoms with E-state index >= 15 is 0 Å². The highest BCUT2D eigenvalue weighted by Crippen LogP contribution is 2.25. The molecular weight excluding hydrogens is 377 g/mol. The molecule has 0 saturated heterocycles. The monoisotopic (exact) mass is 395 g/mol. The summed E-state index contributed by atoms with van der Waals surface area (Å²) in [4.78, 5) is 4.46. The topological polar surface area (TPSA) is 69.6 Å². The molecule has 6 nitrogen and oxygen atoms in total. The fourth-order valence-corrected chi connectivity index (χ4v) is 3.44. The van der Waals surface area contributed by atoms with Crippen LogP contribution in [0.5, 0.6) is 0 Å². The van der Waals surface area contributed by atoms with Gasteiger partial charge >= 0.3 is 0 Å². The maximum atomic E-state index is 13.0. The number of rotatable bonds is 6. The fourth-order valence-electron chi connectivity index (χ4n) is 2.67. The van der Waals surface area contributed by atoms with Gasteiger partial charge in [-0.15, -0.1) is 5.10 Å². The van der Waals surface area contributed by atoms with E-state index in [1.807, 2.05) is 12.1 Å².